The van der Waals surface area contributed by atoms with Crippen LogP contribution in [0.1, 0.15) is 30.4 Å². The maximum Gasteiger partial charge on any atom is 0.420 e. The third-order valence-corrected chi connectivity index (χ3v) is 4.74. The average Bonchev–Trinajstić information content (AvgIpc) is 3.29. The summed E-state index contributed by atoms with van der Waals surface area (Å²) in [7, 11) is 0. The van der Waals surface area contributed by atoms with Crippen molar-refractivity contribution < 1.29 is 19.4 Å². The van der Waals surface area contributed by atoms with E-state index in [1.54, 1.807) is 36.5 Å². The molecular formula is C22H19N5O4. The maximum absolute atomic E-state index is 12.9. The number of allylic oxidation sites excluding steroid dienone is 2. The van der Waals surface area contributed by atoms with E-state index in [4.69, 9.17) is 9.84 Å². The molecule has 2 heterocycles. The van der Waals surface area contributed by atoms with Gasteiger partial charge < -0.3 is 9.84 Å². The number of carboxylic acids is 1. The van der Waals surface area contributed by atoms with Crippen molar-refractivity contribution in [1.29, 1.82) is 0 Å². The second-order valence-corrected chi connectivity index (χ2v) is 6.83. The van der Waals surface area contributed by atoms with Crippen LogP contribution in [0.25, 0.3) is 5.57 Å². The molecule has 0 aliphatic carbocycles. The van der Waals surface area contributed by atoms with E-state index in [0.717, 1.165) is 10.4 Å². The van der Waals surface area contributed by atoms with Crippen LogP contribution in [-0.4, -0.2) is 42.3 Å². The number of rotatable bonds is 5. The van der Waals surface area contributed by atoms with E-state index in [2.05, 4.69) is 15.4 Å². The Morgan fingerprint density at radius 3 is 2.42 bits per heavy atom. The zero-order chi connectivity index (χ0) is 21.8. The Labute approximate surface area is 177 Å². The minimum absolute atomic E-state index is 0.265. The van der Waals surface area contributed by atoms with Crippen LogP contribution in [0.5, 0.6) is 5.75 Å². The Morgan fingerprint density at radius 1 is 1.06 bits per heavy atom. The Hall–Kier alpha value is -4.27. The van der Waals surface area contributed by atoms with Gasteiger partial charge in [-0.15, -0.1) is 15.0 Å². The quantitative estimate of drug-likeness (QED) is 0.677. The summed E-state index contributed by atoms with van der Waals surface area (Å²) in [6.45, 7) is 1.47. The van der Waals surface area contributed by atoms with Crippen LogP contribution < -0.4 is 4.74 Å². The Kier molecular flexibility index (Phi) is 5.57. The molecule has 9 nitrogen and oxygen atoms in total. The monoisotopic (exact) mass is 417 g/mol. The molecule has 0 spiro atoms. The van der Waals surface area contributed by atoms with Crippen molar-refractivity contribution in [2.24, 2.45) is 0 Å². The number of aliphatic carboxylic acids is 1. The van der Waals surface area contributed by atoms with E-state index < -0.39 is 24.1 Å². The van der Waals surface area contributed by atoms with Crippen molar-refractivity contribution in [3.8, 4) is 5.75 Å². The van der Waals surface area contributed by atoms with Crippen LogP contribution in [0, 0.1) is 0 Å². The maximum atomic E-state index is 12.9. The van der Waals surface area contributed by atoms with Crippen LogP contribution in [0.15, 0.2) is 79.0 Å². The number of carbonyl (C=O) groups is 2. The van der Waals surface area contributed by atoms with Gasteiger partial charge in [-0.2, -0.15) is 0 Å². The topological polar surface area (TPSA) is 110 Å². The lowest BCUT2D eigenvalue weighted by molar-refractivity contribution is -0.141. The first-order chi connectivity index (χ1) is 15.0. The number of carbonyl (C=O) groups excluding carboxylic acids is 1. The number of benzene rings is 2. The van der Waals surface area contributed by atoms with Crippen LogP contribution in [0.4, 0.5) is 4.79 Å². The van der Waals surface area contributed by atoms with Gasteiger partial charge in [-0.1, -0.05) is 48.5 Å². The van der Waals surface area contributed by atoms with E-state index >= 15 is 0 Å². The van der Waals surface area contributed by atoms with Gasteiger partial charge in [-0.3, -0.25) is 4.90 Å². The second-order valence-electron chi connectivity index (χ2n) is 6.83. The minimum Gasteiger partial charge on any atom is -0.480 e. The zero-order valence-corrected chi connectivity index (χ0v) is 16.6. The minimum atomic E-state index is -1.06. The van der Waals surface area contributed by atoms with Crippen LogP contribution in [0.2, 0.25) is 0 Å². The normalized spacial score (nSPS) is 16.5. The number of hydrogen-bond donors (Lipinski definition) is 1. The molecule has 3 aromatic rings. The number of amides is 1. The van der Waals surface area contributed by atoms with Gasteiger partial charge in [0.15, 0.2) is 6.04 Å². The van der Waals surface area contributed by atoms with Gasteiger partial charge in [-0.25, -0.2) is 9.59 Å². The molecule has 1 N–H and O–H groups in total. The van der Waals surface area contributed by atoms with Crippen molar-refractivity contribution in [1.82, 2.24) is 25.1 Å². The molecule has 1 aliphatic heterocycles. The summed E-state index contributed by atoms with van der Waals surface area (Å²) in [5, 5.41) is 21.1. The molecule has 0 bridgehead atoms. The fourth-order valence-corrected chi connectivity index (χ4v) is 3.04. The molecule has 4 rings (SSSR count). The molecule has 0 saturated carbocycles. The Balaban J connectivity index is 1.64. The molecule has 2 atom stereocenters. The number of hydrogen-bond acceptors (Lipinski definition) is 6. The van der Waals surface area contributed by atoms with Gasteiger partial charge in [0.25, 0.3) is 0 Å². The molecule has 156 valence electrons. The van der Waals surface area contributed by atoms with Crippen molar-refractivity contribution in [3.63, 3.8) is 0 Å². The van der Waals surface area contributed by atoms with Gasteiger partial charge in [0.05, 0.1) is 6.04 Å². The van der Waals surface area contributed by atoms with E-state index in [1.807, 2.05) is 42.5 Å². The summed E-state index contributed by atoms with van der Waals surface area (Å²) in [6, 6.07) is 16.9. The Bertz CT molecular complexity index is 1140. The summed E-state index contributed by atoms with van der Waals surface area (Å²) < 4.78 is 5.50. The van der Waals surface area contributed by atoms with Gasteiger partial charge >= 0.3 is 12.1 Å². The molecule has 1 aliphatic rings. The summed E-state index contributed by atoms with van der Waals surface area (Å²) in [5.74, 6) is -0.356. The average molecular weight is 417 g/mol. The predicted octanol–water partition coefficient (Wildman–Crippen LogP) is 3.47. The van der Waals surface area contributed by atoms with Gasteiger partial charge in [-0.05, 0) is 42.0 Å². The summed E-state index contributed by atoms with van der Waals surface area (Å²) in [6.07, 6.45) is 4.54. The fraction of sp³-hybridized carbons (Fsp3) is 0.136. The smallest absolute Gasteiger partial charge is 0.420 e. The van der Waals surface area contributed by atoms with E-state index in [-0.39, 0.29) is 5.82 Å². The standard InChI is InChI=1S/C22H19N5O4/c1-15(21(28)29)27-24-20(23-25-27)17-12-13-26(19(14-17)16-8-4-2-5-9-16)22(30)31-18-10-6-3-7-11-18/h2-15,19H,1H3,(H,28,29). The van der Waals surface area contributed by atoms with Crippen molar-refractivity contribution >= 4 is 17.6 Å². The summed E-state index contributed by atoms with van der Waals surface area (Å²) >= 11 is 0. The van der Waals surface area contributed by atoms with Crippen molar-refractivity contribution in [2.75, 3.05) is 0 Å². The molecule has 2 aromatic carbocycles. The van der Waals surface area contributed by atoms with Gasteiger partial charge in [0.1, 0.15) is 5.75 Å². The predicted molar refractivity (Wildman–Crippen MR) is 111 cm³/mol. The Morgan fingerprint density at radius 2 is 1.74 bits per heavy atom. The number of carboxylic acid groups (broad SMARTS) is 1. The highest BCUT2D eigenvalue weighted by Crippen LogP contribution is 2.31. The van der Waals surface area contributed by atoms with Crippen LogP contribution in [-0.2, 0) is 4.79 Å². The lowest BCUT2D eigenvalue weighted by Crippen LogP contribution is -2.33. The molecule has 31 heavy (non-hydrogen) atoms. The molecule has 2 unspecified atom stereocenters. The van der Waals surface area contributed by atoms with Gasteiger partial charge in [0.2, 0.25) is 5.82 Å². The number of nitrogens with zero attached hydrogens (tertiary/aromatic N) is 5. The van der Waals surface area contributed by atoms with Crippen molar-refractivity contribution in [2.45, 2.75) is 19.0 Å². The number of ether oxygens (including phenoxy) is 1. The number of aromatic nitrogens is 4. The highest BCUT2D eigenvalue weighted by Gasteiger charge is 2.28. The van der Waals surface area contributed by atoms with Gasteiger partial charge in [0, 0.05) is 11.8 Å². The summed E-state index contributed by atoms with van der Waals surface area (Å²) in [4.78, 5) is 26.6. The van der Waals surface area contributed by atoms with E-state index in [1.165, 1.54) is 11.8 Å². The molecule has 1 amide bonds. The molecule has 1 aromatic heterocycles. The first-order valence-corrected chi connectivity index (χ1v) is 9.56. The molecular weight excluding hydrogens is 398 g/mol. The summed E-state index contributed by atoms with van der Waals surface area (Å²) in [5.41, 5.74) is 1.47. The molecule has 0 radical (unpaired) electrons. The lowest BCUT2D eigenvalue weighted by Gasteiger charge is -2.29. The molecule has 0 saturated heterocycles. The fourth-order valence-electron chi connectivity index (χ4n) is 3.04. The van der Waals surface area contributed by atoms with Crippen LogP contribution >= 0.6 is 0 Å². The van der Waals surface area contributed by atoms with Crippen molar-refractivity contribution in [3.05, 3.63) is 90.4 Å². The third-order valence-electron chi connectivity index (χ3n) is 4.74. The third kappa shape index (κ3) is 4.35. The second kappa shape index (κ2) is 8.62. The highest BCUT2D eigenvalue weighted by molar-refractivity contribution is 5.78. The largest absolute Gasteiger partial charge is 0.480 e. The lowest BCUT2D eigenvalue weighted by atomic mass is 10.00. The zero-order valence-electron chi connectivity index (χ0n) is 16.6. The molecule has 9 heteroatoms. The SMILES string of the molecule is CC(C(=O)O)n1nnc(C2=CC(c3ccccc3)N(C(=O)Oc3ccccc3)C=C2)n1. The van der Waals surface area contributed by atoms with E-state index in [9.17, 15) is 9.59 Å². The first kappa shape index (κ1) is 20.0. The highest BCUT2D eigenvalue weighted by atomic mass is 16.6. The number of tetrazole rings is 1. The van der Waals surface area contributed by atoms with E-state index in [0.29, 0.717) is 11.3 Å². The molecule has 0 fully saturated rings. The van der Waals surface area contributed by atoms with Crippen LogP contribution in [0.3, 0.4) is 0 Å². The first-order valence-electron chi connectivity index (χ1n) is 9.56. The number of para-hydroxylation sites is 1.